The number of carboxylic acid groups (broad SMARTS) is 1. The minimum absolute atomic E-state index is 0.0164. The average Bonchev–Trinajstić information content (AvgIpc) is 0.892. The number of hydrogen-bond donors (Lipinski definition) is 18. The van der Waals surface area contributed by atoms with Crippen LogP contribution < -0.4 is 76.5 Å². The molecule has 0 heterocycles. The average molecular weight is 1550 g/mol. The summed E-state index contributed by atoms with van der Waals surface area (Å²) < 4.78 is 48.4. The van der Waals surface area contributed by atoms with Crippen LogP contribution in [0.4, 0.5) is 36.2 Å². The van der Waals surface area contributed by atoms with Crippen LogP contribution in [0.3, 0.4) is 0 Å². The summed E-state index contributed by atoms with van der Waals surface area (Å²) in [5.41, 5.74) is 37.7. The lowest BCUT2D eigenvalue weighted by Crippen LogP contribution is -2.46. The third-order valence-electron chi connectivity index (χ3n) is 14.3. The standard InChI is InChI=1S/C35H60N8O14.C14H21N3O3.C13H20N4O3.C7H14N2O3/c36-35(48)39-7-1-2-31(34(47)41-30-5-3-29(26-44)4-6-30)42-33(46)28-57-27-32(45)38-8-10-49-12-14-51-16-18-53-20-22-55-24-25-56-23-21-54-19-17-52-15-13-50-11-9-40-43-37;1-10(3-2-8-16-14(15)20)13(19)17-12-6-4-11(9-18)5-7-12;14-11(2-1-7-16-13(15)20)12(19)17-10-5-3-9(8-18)4-6-10;1-5(6(10)11)3-2-4-9-7(8)12/h3-6,31,44H,1-2,7-28H2,(H,38,45)(H,41,47)(H,42,46)(H3,36,39,48);4-7,10,18H,2-3,8-9H2,1H3,(H,17,19)(H3,15,16,20);3-6,11,18H,1-2,7-8,14H2,(H,17,19)(H3,15,16,20);5H,2-4H2,1H3,(H,10,11)(H3,8,9,12)/t31-;10-;11-;5-/m0000/s1. The van der Waals surface area contributed by atoms with Gasteiger partial charge in [0.2, 0.25) is 29.5 Å². The number of nitrogens with two attached hydrogens (primary N) is 5. The Balaban J connectivity index is 0.00000179. The van der Waals surface area contributed by atoms with Crippen LogP contribution in [-0.4, -0.2) is 250 Å². The zero-order valence-corrected chi connectivity index (χ0v) is 62.3. The molecule has 40 nitrogen and oxygen atoms in total. The summed E-state index contributed by atoms with van der Waals surface area (Å²) in [7, 11) is 0. The van der Waals surface area contributed by atoms with Crippen LogP contribution in [0.25, 0.3) is 10.4 Å². The fourth-order valence-corrected chi connectivity index (χ4v) is 8.33. The number of benzene rings is 3. The van der Waals surface area contributed by atoms with E-state index in [0.717, 1.165) is 11.1 Å². The minimum atomic E-state index is -0.953. The first-order chi connectivity index (χ1) is 52.4. The highest BCUT2D eigenvalue weighted by molar-refractivity contribution is 5.97. The maximum atomic E-state index is 12.9. The number of nitrogens with one attached hydrogen (secondary N) is 9. The molecule has 23 N–H and O–H groups in total. The molecule has 0 aliphatic rings. The van der Waals surface area contributed by atoms with Crippen molar-refractivity contribution >= 4 is 76.7 Å². The van der Waals surface area contributed by atoms with Gasteiger partial charge in [0.15, 0.2) is 0 Å². The van der Waals surface area contributed by atoms with E-state index in [2.05, 4.69) is 57.9 Å². The second-order valence-electron chi connectivity index (χ2n) is 23.3. The Labute approximate surface area is 634 Å². The van der Waals surface area contributed by atoms with Crippen molar-refractivity contribution in [2.45, 2.75) is 97.1 Å². The molecule has 3 rings (SSSR count). The topological polar surface area (TPSA) is 622 Å². The molecule has 0 fully saturated rings. The number of urea groups is 4. The van der Waals surface area contributed by atoms with Crippen molar-refractivity contribution in [3.8, 4) is 0 Å². The number of aliphatic hydroxyl groups is 3. The monoisotopic (exact) mass is 1550 g/mol. The highest BCUT2D eigenvalue weighted by Gasteiger charge is 2.22. The number of carbonyl (C=O) groups is 10. The summed E-state index contributed by atoms with van der Waals surface area (Å²) in [6, 6.07) is 16.4. The predicted octanol–water partition coefficient (Wildman–Crippen LogP) is 0.877. The van der Waals surface area contributed by atoms with E-state index in [9.17, 15) is 53.1 Å². The minimum Gasteiger partial charge on any atom is -0.481 e. The van der Waals surface area contributed by atoms with Crippen LogP contribution in [0.2, 0.25) is 0 Å². The molecule has 0 unspecified atom stereocenters. The van der Waals surface area contributed by atoms with Crippen LogP contribution in [0, 0.1) is 11.8 Å². The Morgan fingerprint density at radius 2 is 0.725 bits per heavy atom. The summed E-state index contributed by atoms with van der Waals surface area (Å²) >= 11 is 0. The first kappa shape index (κ1) is 99.3. The number of amides is 13. The molecule has 0 spiro atoms. The van der Waals surface area contributed by atoms with Crippen molar-refractivity contribution in [1.29, 1.82) is 0 Å². The van der Waals surface area contributed by atoms with Gasteiger partial charge < -0.3 is 140 Å². The van der Waals surface area contributed by atoms with Gasteiger partial charge in [-0.15, -0.1) is 0 Å². The summed E-state index contributed by atoms with van der Waals surface area (Å²) in [6.45, 7) is 11.0. The van der Waals surface area contributed by atoms with Gasteiger partial charge in [-0.25, -0.2) is 19.2 Å². The summed E-state index contributed by atoms with van der Waals surface area (Å²) in [5, 5.41) is 62.0. The maximum absolute atomic E-state index is 12.9. The zero-order chi connectivity index (χ0) is 80.9. The molecule has 0 radical (unpaired) electrons. The first-order valence-corrected chi connectivity index (χ1v) is 35.3. The molecule has 40 heteroatoms. The van der Waals surface area contributed by atoms with Crippen molar-refractivity contribution in [3.63, 3.8) is 0 Å². The number of ether oxygens (including phenoxy) is 9. The van der Waals surface area contributed by atoms with Gasteiger partial charge in [0.05, 0.1) is 137 Å². The van der Waals surface area contributed by atoms with Crippen molar-refractivity contribution < 1.29 is 111 Å². The zero-order valence-electron chi connectivity index (χ0n) is 62.3. The van der Waals surface area contributed by atoms with Crippen LogP contribution >= 0.6 is 0 Å². The molecule has 0 aliphatic carbocycles. The van der Waals surface area contributed by atoms with Gasteiger partial charge in [0, 0.05) is 67.2 Å². The van der Waals surface area contributed by atoms with Crippen molar-refractivity contribution in [1.82, 2.24) is 31.9 Å². The lowest BCUT2D eigenvalue weighted by molar-refractivity contribution is -0.141. The molecule has 0 bridgehead atoms. The SMILES string of the molecule is C[C@@H](CCCNC(N)=O)C(=O)Nc1ccc(CO)cc1.C[C@@H](CCCNC(N)=O)C(=O)O.NC(=O)NCCC[C@H](N)C(=O)Nc1ccc(CO)cc1.[N-]=[N+]=NCCOCCOCCOCCOCCOCCOCCOCCOCCNC(=O)COCC(=O)N[C@@H](CCCNC(N)=O)C(=O)Nc1ccc(CO)cc1. The third-order valence-corrected chi connectivity index (χ3v) is 14.3. The maximum Gasteiger partial charge on any atom is 0.312 e. The Bertz CT molecular complexity index is 2930. The Hall–Kier alpha value is -9.65. The van der Waals surface area contributed by atoms with E-state index in [-0.39, 0.29) is 76.2 Å². The Morgan fingerprint density at radius 1 is 0.404 bits per heavy atom. The van der Waals surface area contributed by atoms with E-state index >= 15 is 0 Å². The highest BCUT2D eigenvalue weighted by Crippen LogP contribution is 2.15. The second-order valence-corrected chi connectivity index (χ2v) is 23.3. The lowest BCUT2D eigenvalue weighted by Gasteiger charge is -2.19. The van der Waals surface area contributed by atoms with Gasteiger partial charge in [-0.05, 0) is 110 Å². The van der Waals surface area contributed by atoms with E-state index in [0.29, 0.717) is 193 Å². The fourth-order valence-electron chi connectivity index (χ4n) is 8.33. The Morgan fingerprint density at radius 3 is 1.08 bits per heavy atom. The quantitative estimate of drug-likeness (QED) is 0.0161. The summed E-state index contributed by atoms with van der Waals surface area (Å²) in [4.78, 5) is 116. The number of rotatable bonds is 58. The summed E-state index contributed by atoms with van der Waals surface area (Å²) in [5.74, 6) is -3.23. The van der Waals surface area contributed by atoms with Gasteiger partial charge in [-0.2, -0.15) is 0 Å². The largest absolute Gasteiger partial charge is 0.481 e. The molecule has 0 saturated heterocycles. The van der Waals surface area contributed by atoms with Crippen LogP contribution in [0.5, 0.6) is 0 Å². The number of primary amides is 4. The van der Waals surface area contributed by atoms with E-state index < -0.39 is 66.5 Å². The van der Waals surface area contributed by atoms with E-state index in [1.807, 2.05) is 6.92 Å². The van der Waals surface area contributed by atoms with Crippen LogP contribution in [0.15, 0.2) is 77.9 Å². The number of aliphatic carboxylic acids is 1. The normalized spacial score (nSPS) is 11.6. The number of carbonyl (C=O) groups excluding carboxylic acids is 9. The molecular weight excluding hydrogens is 1430 g/mol. The lowest BCUT2D eigenvalue weighted by atomic mass is 10.0. The molecule has 3 aromatic carbocycles. The number of carboxylic acids is 1. The highest BCUT2D eigenvalue weighted by atomic mass is 16.6. The van der Waals surface area contributed by atoms with E-state index in [4.69, 9.17) is 92.2 Å². The van der Waals surface area contributed by atoms with Gasteiger partial charge in [0.25, 0.3) is 0 Å². The smallest absolute Gasteiger partial charge is 0.312 e. The molecular formula is C69H115N17O23. The number of azide groups is 1. The van der Waals surface area contributed by atoms with Gasteiger partial charge in [-0.1, -0.05) is 55.4 Å². The fraction of sp³-hybridized carbons (Fsp3) is 0.594. The van der Waals surface area contributed by atoms with Gasteiger partial charge in [0.1, 0.15) is 19.3 Å². The molecule has 0 saturated carbocycles. The third kappa shape index (κ3) is 61.0. The molecule has 0 aliphatic heterocycles. The van der Waals surface area contributed by atoms with Crippen LogP contribution in [-0.2, 0) is 91.2 Å². The molecule has 4 atom stereocenters. The van der Waals surface area contributed by atoms with Gasteiger partial charge in [-0.3, -0.25) is 28.8 Å². The van der Waals surface area contributed by atoms with Crippen LogP contribution in [0.1, 0.15) is 81.9 Å². The number of anilines is 3. The van der Waals surface area contributed by atoms with E-state index in [1.165, 1.54) is 0 Å². The van der Waals surface area contributed by atoms with Crippen molar-refractivity contribution in [3.05, 3.63) is 99.9 Å². The number of aliphatic hydroxyl groups excluding tert-OH is 3. The van der Waals surface area contributed by atoms with Crippen molar-refractivity contribution in [2.24, 2.45) is 45.6 Å². The molecule has 614 valence electrons. The molecule has 13 amide bonds. The Kier molecular flexibility index (Phi) is 61.7. The molecule has 3 aromatic rings. The second kappa shape index (κ2) is 67.7. The predicted molar refractivity (Wildman–Crippen MR) is 401 cm³/mol. The van der Waals surface area contributed by atoms with E-state index in [1.54, 1.807) is 79.7 Å². The van der Waals surface area contributed by atoms with Gasteiger partial charge >= 0.3 is 30.1 Å². The number of hydrogen-bond acceptors (Lipinski definition) is 24. The molecule has 0 aromatic heterocycles. The van der Waals surface area contributed by atoms with Crippen molar-refractivity contribution in [2.75, 3.05) is 174 Å². The summed E-state index contributed by atoms with van der Waals surface area (Å²) in [6.07, 6.45) is 4.11. The first-order valence-electron chi connectivity index (χ1n) is 35.3. The molecule has 109 heavy (non-hydrogen) atoms. The number of nitrogens with zero attached hydrogens (tertiary/aromatic N) is 3.